The summed E-state index contributed by atoms with van der Waals surface area (Å²) in [4.78, 5) is 66.3. The van der Waals surface area contributed by atoms with Gasteiger partial charge in [-0.25, -0.2) is 29.0 Å². The highest BCUT2D eigenvalue weighted by molar-refractivity contribution is 5.85. The minimum atomic E-state index is -0.469. The van der Waals surface area contributed by atoms with Gasteiger partial charge in [0.1, 0.15) is 99.3 Å². The molecule has 0 aliphatic heterocycles. The molecular weight excluding hydrogens is 1090 g/mol. The van der Waals surface area contributed by atoms with Crippen molar-refractivity contribution < 1.29 is 28.4 Å². The molecule has 6 aromatic heterocycles. The molecule has 10 N–H and O–H groups in total. The molecular formula is C61H53N15O9. The number of hydrogen-bond donors (Lipinski definition) is 9. The molecule has 0 unspecified atom stereocenters. The van der Waals surface area contributed by atoms with Crippen LogP contribution in [0.4, 0.5) is 23.1 Å². The van der Waals surface area contributed by atoms with Crippen molar-refractivity contribution in [2.75, 3.05) is 51.9 Å². The van der Waals surface area contributed by atoms with E-state index in [1.807, 2.05) is 91.0 Å². The van der Waals surface area contributed by atoms with Crippen molar-refractivity contribution >= 4 is 56.2 Å². The summed E-state index contributed by atoms with van der Waals surface area (Å²) >= 11 is 0. The third-order valence-corrected chi connectivity index (χ3v) is 14.3. The molecule has 24 heteroatoms. The van der Waals surface area contributed by atoms with E-state index in [1.165, 1.54) is 16.5 Å². The Balaban J connectivity index is 0.726. The van der Waals surface area contributed by atoms with Crippen molar-refractivity contribution in [3.05, 3.63) is 188 Å². The van der Waals surface area contributed by atoms with Gasteiger partial charge in [0.05, 0.1) is 78.6 Å². The molecule has 13 aromatic rings. The van der Waals surface area contributed by atoms with Crippen molar-refractivity contribution in [2.45, 2.75) is 13.2 Å². The first-order valence-electron chi connectivity index (χ1n) is 26.6. The van der Waals surface area contributed by atoms with Gasteiger partial charge in [0.15, 0.2) is 0 Å². The van der Waals surface area contributed by atoms with Gasteiger partial charge < -0.3 is 59.7 Å². The summed E-state index contributed by atoms with van der Waals surface area (Å²) in [6.45, 7) is 0.264. The number of nitrogen functional groups attached to an aromatic ring is 1. The summed E-state index contributed by atoms with van der Waals surface area (Å²) in [5, 5.41) is 15.6. The fourth-order valence-corrected chi connectivity index (χ4v) is 10.2. The number of imidazole rings is 3. The number of para-hydroxylation sites is 3. The Morgan fingerprint density at radius 2 is 0.929 bits per heavy atom. The second-order valence-corrected chi connectivity index (χ2v) is 19.6. The van der Waals surface area contributed by atoms with E-state index in [-0.39, 0.29) is 47.1 Å². The van der Waals surface area contributed by atoms with E-state index in [0.29, 0.717) is 102 Å². The van der Waals surface area contributed by atoms with Crippen LogP contribution in [0.3, 0.4) is 0 Å². The molecule has 0 bridgehead atoms. The predicted molar refractivity (Wildman–Crippen MR) is 323 cm³/mol. The van der Waals surface area contributed by atoms with E-state index in [2.05, 4.69) is 45.9 Å². The molecule has 0 fully saturated rings. The zero-order valence-electron chi connectivity index (χ0n) is 46.2. The van der Waals surface area contributed by atoms with Gasteiger partial charge in [0, 0.05) is 67.3 Å². The quantitative estimate of drug-likeness (QED) is 0.0364. The third kappa shape index (κ3) is 9.93. The second kappa shape index (κ2) is 21.6. The number of nitrogens with zero attached hydrogens (tertiary/aromatic N) is 6. The topological polar surface area (TPSA) is 305 Å². The largest absolute Gasteiger partial charge is 0.497 e. The molecule has 426 valence electrons. The fraction of sp³-hybridized carbons (Fsp3) is 0.115. The average molecular weight is 1140 g/mol. The van der Waals surface area contributed by atoms with Gasteiger partial charge in [-0.05, 0) is 59.7 Å². The Morgan fingerprint density at radius 1 is 0.471 bits per heavy atom. The van der Waals surface area contributed by atoms with Crippen LogP contribution < -0.4 is 61.5 Å². The summed E-state index contributed by atoms with van der Waals surface area (Å²) in [7, 11) is 7.89. The Labute approximate surface area is 480 Å². The lowest BCUT2D eigenvalue weighted by atomic mass is 10.2. The van der Waals surface area contributed by atoms with Gasteiger partial charge >= 0.3 is 0 Å². The standard InChI is InChI=1S/C61H53N15O9/c1-63-58-52(56-65-44-13-9-10-14-45(44)66-56)59(77)73-74(58)35-21-40(82-4)28-42(25-35)84-30-32-15-17-46-48(19-32)69-54(67-46)50-53(62)71-75(60(50)78)37-24-41(83-5)29-43(26-37)85-31-33-16-18-47-49(20-33)70-55(68-47)51-57(64-34-11-7-6-8-12-34)72-76(61(51)79)36-22-38(80-2)27-39(23-36)81-3/h6-29,63-64,71-72H,30-31,62H2,1-5H3,(H,65,66)(H,67,69)(H,68,70)(H,73,77). The lowest BCUT2D eigenvalue weighted by Gasteiger charge is -2.13. The first-order valence-corrected chi connectivity index (χ1v) is 26.6. The first-order chi connectivity index (χ1) is 41.4. The summed E-state index contributed by atoms with van der Waals surface area (Å²) in [6, 6.07) is 43.8. The van der Waals surface area contributed by atoms with Crippen molar-refractivity contribution in [1.29, 1.82) is 0 Å². The van der Waals surface area contributed by atoms with Gasteiger partial charge in [-0.15, -0.1) is 0 Å². The number of H-pyrrole nitrogens is 6. The molecule has 0 saturated heterocycles. The maximum atomic E-state index is 14.4. The summed E-state index contributed by atoms with van der Waals surface area (Å²) < 4.78 is 39.3. The lowest BCUT2D eigenvalue weighted by Crippen LogP contribution is -2.16. The van der Waals surface area contributed by atoms with Crippen LogP contribution in [0.5, 0.6) is 34.5 Å². The molecule has 6 heterocycles. The second-order valence-electron chi connectivity index (χ2n) is 19.6. The maximum absolute atomic E-state index is 14.4. The summed E-state index contributed by atoms with van der Waals surface area (Å²) in [5.74, 6) is 4.80. The predicted octanol–water partition coefficient (Wildman–Crippen LogP) is 9.31. The summed E-state index contributed by atoms with van der Waals surface area (Å²) in [5.41, 5.74) is 14.0. The highest BCUT2D eigenvalue weighted by Gasteiger charge is 2.25. The minimum Gasteiger partial charge on any atom is -0.497 e. The van der Waals surface area contributed by atoms with Crippen LogP contribution in [0, 0.1) is 0 Å². The van der Waals surface area contributed by atoms with Crippen molar-refractivity contribution in [3.63, 3.8) is 0 Å². The van der Waals surface area contributed by atoms with Gasteiger partial charge in [0.25, 0.3) is 16.7 Å². The van der Waals surface area contributed by atoms with Crippen LogP contribution >= 0.6 is 0 Å². The van der Waals surface area contributed by atoms with Crippen molar-refractivity contribution in [3.8, 4) is 85.7 Å². The van der Waals surface area contributed by atoms with Crippen LogP contribution in [0.2, 0.25) is 0 Å². The van der Waals surface area contributed by atoms with E-state index < -0.39 is 5.56 Å². The van der Waals surface area contributed by atoms with Gasteiger partial charge in [0.2, 0.25) is 0 Å². The van der Waals surface area contributed by atoms with Crippen LogP contribution in [0.1, 0.15) is 11.1 Å². The van der Waals surface area contributed by atoms with E-state index in [1.54, 1.807) is 87.7 Å². The lowest BCUT2D eigenvalue weighted by molar-refractivity contribution is 0.303. The zero-order valence-corrected chi connectivity index (χ0v) is 46.2. The first kappa shape index (κ1) is 52.5. The maximum Gasteiger partial charge on any atom is 0.284 e. The van der Waals surface area contributed by atoms with Crippen LogP contribution in [-0.2, 0) is 13.2 Å². The molecule has 24 nitrogen and oxygen atoms in total. The number of ether oxygens (including phenoxy) is 6. The van der Waals surface area contributed by atoms with E-state index >= 15 is 0 Å². The number of benzene rings is 7. The molecule has 0 radical (unpaired) electrons. The van der Waals surface area contributed by atoms with Gasteiger partial charge in [-0.2, -0.15) is 0 Å². The van der Waals surface area contributed by atoms with Crippen LogP contribution in [0.15, 0.2) is 160 Å². The number of rotatable bonds is 19. The average Bonchev–Trinajstić information content (AvgIpc) is 2.76. The number of fused-ring (bicyclic) bond motifs is 3. The highest BCUT2D eigenvalue weighted by atomic mass is 16.5. The van der Waals surface area contributed by atoms with Gasteiger partial charge in [-0.1, -0.05) is 42.5 Å². The summed E-state index contributed by atoms with van der Waals surface area (Å²) in [6.07, 6.45) is 0. The molecule has 0 atom stereocenters. The highest BCUT2D eigenvalue weighted by Crippen LogP contribution is 2.34. The molecule has 0 aliphatic rings. The number of aromatic amines is 6. The number of anilines is 4. The minimum absolute atomic E-state index is 0.0798. The smallest absolute Gasteiger partial charge is 0.284 e. The SMILES string of the molecule is CNc1c(-c2nc3ccccc3[nH]2)c(=O)[nH]n1-c1cc(OC)cc(OCc2ccc3nc(-c4c(N)[nH]n(-c5cc(OC)cc(OCc6ccc7nc(-c8c(Nc9ccccc9)[nH]n(-c9cc(OC)cc(OC)c9)c8=O)[nH]c7c6)c5)c4=O)[nH]c3c2)c1. The zero-order chi connectivity index (χ0) is 58.5. The van der Waals surface area contributed by atoms with E-state index in [0.717, 1.165) is 27.8 Å². The number of hydrogen-bond acceptors (Lipinski definition) is 15. The molecule has 13 rings (SSSR count). The molecule has 7 aromatic carbocycles. The number of nitrogens with one attached hydrogen (secondary N) is 8. The van der Waals surface area contributed by atoms with E-state index in [4.69, 9.17) is 44.1 Å². The number of nitrogens with two attached hydrogens (primary N) is 1. The Bertz CT molecular complexity index is 4810. The third-order valence-electron chi connectivity index (χ3n) is 14.3. The van der Waals surface area contributed by atoms with Crippen LogP contribution in [-0.4, -0.2) is 94.7 Å². The molecule has 85 heavy (non-hydrogen) atoms. The number of methoxy groups -OCH3 is 4. The van der Waals surface area contributed by atoms with Crippen LogP contribution in [0.25, 0.3) is 84.3 Å². The van der Waals surface area contributed by atoms with E-state index in [9.17, 15) is 14.4 Å². The Morgan fingerprint density at radius 3 is 1.48 bits per heavy atom. The molecule has 0 amide bonds. The molecule has 0 aliphatic carbocycles. The number of aromatic nitrogens is 12. The Hall–Kier alpha value is -11.8. The normalized spacial score (nSPS) is 11.4. The fourth-order valence-electron chi connectivity index (χ4n) is 10.2. The molecule has 0 saturated carbocycles. The Kier molecular flexibility index (Phi) is 13.3. The van der Waals surface area contributed by atoms with Crippen molar-refractivity contribution in [2.24, 2.45) is 0 Å². The monoisotopic (exact) mass is 1140 g/mol. The molecule has 0 spiro atoms. The van der Waals surface area contributed by atoms with Crippen molar-refractivity contribution in [1.82, 2.24) is 59.2 Å². The van der Waals surface area contributed by atoms with Gasteiger partial charge in [-0.3, -0.25) is 29.7 Å².